The van der Waals surface area contributed by atoms with E-state index in [1.165, 1.54) is 5.56 Å². The molecule has 0 spiro atoms. The number of ether oxygens (including phenoxy) is 3. The van der Waals surface area contributed by atoms with Gasteiger partial charge in [-0.2, -0.15) is 0 Å². The number of nitrogens with zero attached hydrogens (tertiary/aromatic N) is 3. The molecule has 0 bridgehead atoms. The van der Waals surface area contributed by atoms with Crippen LogP contribution in [0, 0.1) is 6.92 Å². The quantitative estimate of drug-likeness (QED) is 0.197. The smallest absolute Gasteiger partial charge is 0.191 e. The molecule has 1 aromatic carbocycles. The van der Waals surface area contributed by atoms with Crippen molar-refractivity contribution in [2.75, 3.05) is 58.6 Å². The van der Waals surface area contributed by atoms with Crippen LogP contribution in [0.25, 0.3) is 0 Å². The van der Waals surface area contributed by atoms with Crippen LogP contribution in [0.2, 0.25) is 0 Å². The van der Waals surface area contributed by atoms with Crippen LogP contribution in [0.1, 0.15) is 23.1 Å². The Kier molecular flexibility index (Phi) is 12.3. The zero-order valence-electron chi connectivity index (χ0n) is 19.8. The average molecular weight is 569 g/mol. The molecule has 8 nitrogen and oxygen atoms in total. The highest BCUT2D eigenvalue weighted by atomic mass is 127. The van der Waals surface area contributed by atoms with Crippen LogP contribution in [0.4, 0.5) is 5.82 Å². The van der Waals surface area contributed by atoms with Gasteiger partial charge in [0.1, 0.15) is 11.6 Å². The van der Waals surface area contributed by atoms with E-state index in [4.69, 9.17) is 14.2 Å². The number of benzene rings is 1. The number of anilines is 1. The van der Waals surface area contributed by atoms with E-state index in [9.17, 15) is 0 Å². The molecule has 1 aliphatic heterocycles. The summed E-state index contributed by atoms with van der Waals surface area (Å²) in [7, 11) is 3.48. The lowest BCUT2D eigenvalue weighted by molar-refractivity contribution is 0.122. The predicted octanol–water partition coefficient (Wildman–Crippen LogP) is 3.13. The number of morpholine rings is 1. The van der Waals surface area contributed by atoms with Crippen LogP contribution < -0.4 is 20.3 Å². The summed E-state index contributed by atoms with van der Waals surface area (Å²) >= 11 is 0. The van der Waals surface area contributed by atoms with Gasteiger partial charge in [-0.25, -0.2) is 4.98 Å². The molecular weight excluding hydrogens is 533 g/mol. The molecule has 33 heavy (non-hydrogen) atoms. The van der Waals surface area contributed by atoms with Crippen molar-refractivity contribution >= 4 is 35.8 Å². The monoisotopic (exact) mass is 569 g/mol. The number of hydrogen-bond acceptors (Lipinski definition) is 6. The number of halogens is 1. The molecule has 3 rings (SSSR count). The third kappa shape index (κ3) is 8.63. The normalized spacial score (nSPS) is 13.9. The summed E-state index contributed by atoms with van der Waals surface area (Å²) < 4.78 is 16.6. The van der Waals surface area contributed by atoms with E-state index in [2.05, 4.69) is 56.7 Å². The Hall–Kier alpha value is -2.11. The van der Waals surface area contributed by atoms with Crippen LogP contribution in [0.3, 0.4) is 0 Å². The van der Waals surface area contributed by atoms with Gasteiger partial charge in [-0.15, -0.1) is 24.0 Å². The first kappa shape index (κ1) is 27.1. The molecule has 0 amide bonds. The van der Waals surface area contributed by atoms with Gasteiger partial charge in [0, 0.05) is 70.7 Å². The van der Waals surface area contributed by atoms with E-state index in [1.54, 1.807) is 14.2 Å². The number of rotatable bonds is 10. The van der Waals surface area contributed by atoms with Crippen LogP contribution in [-0.2, 0) is 22.6 Å². The van der Waals surface area contributed by atoms with Gasteiger partial charge in [0.25, 0.3) is 0 Å². The molecule has 2 N–H and O–H groups in total. The molecule has 182 valence electrons. The molecule has 9 heteroatoms. The Morgan fingerprint density at radius 1 is 1.12 bits per heavy atom. The number of methoxy groups -OCH3 is 1. The molecule has 0 radical (unpaired) electrons. The summed E-state index contributed by atoms with van der Waals surface area (Å²) in [5.41, 5.74) is 3.39. The van der Waals surface area contributed by atoms with Crippen molar-refractivity contribution in [3.63, 3.8) is 0 Å². The second-order valence-electron chi connectivity index (χ2n) is 7.67. The molecule has 0 saturated carbocycles. The van der Waals surface area contributed by atoms with E-state index in [1.807, 2.05) is 12.3 Å². The Morgan fingerprint density at radius 2 is 1.88 bits per heavy atom. The molecule has 0 unspecified atom stereocenters. The van der Waals surface area contributed by atoms with Gasteiger partial charge < -0.3 is 29.7 Å². The van der Waals surface area contributed by atoms with Gasteiger partial charge in [-0.1, -0.05) is 18.2 Å². The maximum atomic E-state index is 5.99. The zero-order chi connectivity index (χ0) is 22.6. The molecule has 1 saturated heterocycles. The van der Waals surface area contributed by atoms with Crippen LogP contribution in [0.15, 0.2) is 41.5 Å². The first-order valence-electron chi connectivity index (χ1n) is 11.1. The molecular formula is C24H36IN5O3. The van der Waals surface area contributed by atoms with E-state index >= 15 is 0 Å². The second kappa shape index (κ2) is 14.9. The Morgan fingerprint density at radius 3 is 2.61 bits per heavy atom. The van der Waals surface area contributed by atoms with Crippen molar-refractivity contribution in [3.8, 4) is 5.75 Å². The number of aryl methyl sites for hydroxylation is 1. The maximum absolute atomic E-state index is 5.99. The molecule has 1 aromatic heterocycles. The van der Waals surface area contributed by atoms with Crippen LogP contribution in [0.5, 0.6) is 5.75 Å². The SMILES string of the molecule is CN=C(NCc1ccc(C)cc1OCCCOC)NCc1cccnc1N1CCOCC1.I. The summed E-state index contributed by atoms with van der Waals surface area (Å²) in [6.07, 6.45) is 2.70. The number of pyridine rings is 1. The standard InChI is InChI=1S/C24H35N5O3.HI/c1-19-7-8-20(22(16-19)32-13-5-12-30-3)17-27-24(25-2)28-18-21-6-4-9-26-23(21)29-10-14-31-15-11-29;/h4,6-9,16H,5,10-15,17-18H2,1-3H3,(H2,25,27,28);1H. The minimum atomic E-state index is 0. The van der Waals surface area contributed by atoms with Gasteiger partial charge in [0.15, 0.2) is 5.96 Å². The zero-order valence-corrected chi connectivity index (χ0v) is 22.1. The molecule has 2 heterocycles. The summed E-state index contributed by atoms with van der Waals surface area (Å²) in [5, 5.41) is 6.81. The Labute approximate surface area is 214 Å². The molecule has 0 aliphatic carbocycles. The molecule has 1 fully saturated rings. The summed E-state index contributed by atoms with van der Waals surface area (Å²) in [6, 6.07) is 10.3. The van der Waals surface area contributed by atoms with Crippen molar-refractivity contribution in [2.45, 2.75) is 26.4 Å². The van der Waals surface area contributed by atoms with Crippen LogP contribution >= 0.6 is 24.0 Å². The number of aromatic nitrogens is 1. The van der Waals surface area contributed by atoms with Crippen molar-refractivity contribution in [1.29, 1.82) is 0 Å². The predicted molar refractivity (Wildman–Crippen MR) is 143 cm³/mol. The highest BCUT2D eigenvalue weighted by Crippen LogP contribution is 2.21. The highest BCUT2D eigenvalue weighted by molar-refractivity contribution is 14.0. The van der Waals surface area contributed by atoms with Gasteiger partial charge in [0.2, 0.25) is 0 Å². The number of nitrogens with one attached hydrogen (secondary N) is 2. The topological polar surface area (TPSA) is 80.2 Å². The third-order valence-electron chi connectivity index (χ3n) is 5.27. The lowest BCUT2D eigenvalue weighted by Crippen LogP contribution is -2.39. The van der Waals surface area contributed by atoms with E-state index in [0.29, 0.717) is 26.3 Å². The fraction of sp³-hybridized carbons (Fsp3) is 0.500. The van der Waals surface area contributed by atoms with Crippen molar-refractivity contribution in [2.24, 2.45) is 4.99 Å². The van der Waals surface area contributed by atoms with Crippen molar-refractivity contribution in [1.82, 2.24) is 15.6 Å². The molecule has 2 aromatic rings. The highest BCUT2D eigenvalue weighted by Gasteiger charge is 2.16. The molecule has 1 aliphatic rings. The Bertz CT molecular complexity index is 875. The second-order valence-corrected chi connectivity index (χ2v) is 7.67. The third-order valence-corrected chi connectivity index (χ3v) is 5.27. The molecule has 0 atom stereocenters. The number of guanidine groups is 1. The lowest BCUT2D eigenvalue weighted by Gasteiger charge is -2.29. The minimum Gasteiger partial charge on any atom is -0.493 e. The minimum absolute atomic E-state index is 0. The summed E-state index contributed by atoms with van der Waals surface area (Å²) in [6.45, 7) is 7.82. The van der Waals surface area contributed by atoms with Gasteiger partial charge in [0.05, 0.1) is 19.8 Å². The Balaban J connectivity index is 0.00000385. The first-order valence-corrected chi connectivity index (χ1v) is 11.1. The van der Waals surface area contributed by atoms with Gasteiger partial charge in [-0.3, -0.25) is 4.99 Å². The fourth-order valence-electron chi connectivity index (χ4n) is 3.53. The summed E-state index contributed by atoms with van der Waals surface area (Å²) in [4.78, 5) is 11.3. The first-order chi connectivity index (χ1) is 15.7. The van der Waals surface area contributed by atoms with Gasteiger partial charge >= 0.3 is 0 Å². The number of hydrogen-bond donors (Lipinski definition) is 2. The number of aliphatic imine (C=N–C) groups is 1. The van der Waals surface area contributed by atoms with Crippen molar-refractivity contribution in [3.05, 3.63) is 53.2 Å². The largest absolute Gasteiger partial charge is 0.493 e. The van der Waals surface area contributed by atoms with E-state index < -0.39 is 0 Å². The van der Waals surface area contributed by atoms with E-state index in [-0.39, 0.29) is 24.0 Å². The van der Waals surface area contributed by atoms with Crippen molar-refractivity contribution < 1.29 is 14.2 Å². The maximum Gasteiger partial charge on any atom is 0.191 e. The van der Waals surface area contributed by atoms with Crippen LogP contribution in [-0.4, -0.2) is 64.6 Å². The lowest BCUT2D eigenvalue weighted by atomic mass is 10.1. The summed E-state index contributed by atoms with van der Waals surface area (Å²) in [5.74, 6) is 2.63. The van der Waals surface area contributed by atoms with Gasteiger partial charge in [-0.05, 0) is 24.6 Å². The fourth-order valence-corrected chi connectivity index (χ4v) is 3.53. The average Bonchev–Trinajstić information content (AvgIpc) is 2.83. The van der Waals surface area contributed by atoms with E-state index in [0.717, 1.165) is 61.4 Å².